The Morgan fingerprint density at radius 2 is 1.84 bits per heavy atom. The van der Waals surface area contributed by atoms with Crippen molar-refractivity contribution in [1.82, 2.24) is 9.34 Å². The van der Waals surface area contributed by atoms with Crippen LogP contribution in [0.4, 0.5) is 11.4 Å². The summed E-state index contributed by atoms with van der Waals surface area (Å²) in [5.41, 5.74) is 2.21. The molecule has 2 aliphatic heterocycles. The van der Waals surface area contributed by atoms with Gasteiger partial charge in [0.25, 0.3) is 0 Å². The third-order valence-electron chi connectivity index (χ3n) is 5.17. The normalized spacial score (nSPS) is 17.6. The van der Waals surface area contributed by atoms with Gasteiger partial charge in [0, 0.05) is 38.5 Å². The maximum absolute atomic E-state index is 13.3. The number of hydrogen-bond donors (Lipinski definition) is 0. The Bertz CT molecular complexity index is 1070. The van der Waals surface area contributed by atoms with Gasteiger partial charge in [0.1, 0.15) is 5.75 Å². The molecule has 10 heteroatoms. The molecule has 0 N–H and O–H groups in total. The summed E-state index contributed by atoms with van der Waals surface area (Å²) >= 11 is 0. The van der Waals surface area contributed by atoms with E-state index in [-0.39, 0.29) is 11.4 Å². The molecule has 1 atom stereocenters. The highest BCUT2D eigenvalue weighted by Crippen LogP contribution is 2.63. The van der Waals surface area contributed by atoms with Crippen LogP contribution < -0.4 is 4.74 Å². The molecule has 0 aliphatic carbocycles. The quantitative estimate of drug-likeness (QED) is 0.172. The molecule has 0 aromatic heterocycles. The molecule has 4 rings (SSSR count). The molecule has 31 heavy (non-hydrogen) atoms. The fraction of sp³-hybridized carbons (Fsp3) is 0.381. The molecule has 2 aliphatic rings. The Morgan fingerprint density at radius 3 is 2.39 bits per heavy atom. The summed E-state index contributed by atoms with van der Waals surface area (Å²) in [7, 11) is -3.02. The maximum Gasteiger partial charge on any atom is 0.346 e. The van der Waals surface area contributed by atoms with E-state index in [1.54, 1.807) is 43.5 Å². The van der Waals surface area contributed by atoms with Crippen molar-refractivity contribution in [3.8, 4) is 11.5 Å². The molecule has 1 unspecified atom stereocenters. The SMILES string of the molecule is CC=Nc1ccc(Oc2cc(C(C)OP(=O)(N3CC3)N3CC3)ccc2[N+](=O)[O-])cc1C. The number of rotatable bonds is 9. The maximum atomic E-state index is 13.3. The van der Waals surface area contributed by atoms with Gasteiger partial charge in [-0.1, -0.05) is 0 Å². The monoisotopic (exact) mass is 444 g/mol. The lowest BCUT2D eigenvalue weighted by Crippen LogP contribution is -2.10. The van der Waals surface area contributed by atoms with E-state index in [0.717, 1.165) is 37.4 Å². The van der Waals surface area contributed by atoms with Crippen LogP contribution in [-0.2, 0) is 9.09 Å². The van der Waals surface area contributed by atoms with Gasteiger partial charge in [-0.15, -0.1) is 0 Å². The molecule has 2 heterocycles. The Balaban J connectivity index is 1.60. The van der Waals surface area contributed by atoms with E-state index >= 15 is 0 Å². The molecule has 2 aromatic carbocycles. The molecule has 0 spiro atoms. The van der Waals surface area contributed by atoms with E-state index in [1.807, 2.05) is 23.2 Å². The first kappa shape index (κ1) is 21.6. The third kappa shape index (κ3) is 4.70. The van der Waals surface area contributed by atoms with Crippen molar-refractivity contribution < 1.29 is 18.7 Å². The zero-order valence-corrected chi connectivity index (χ0v) is 18.6. The molecule has 0 bridgehead atoms. The van der Waals surface area contributed by atoms with Gasteiger partial charge in [0.05, 0.1) is 16.7 Å². The Hall–Kier alpha value is -2.58. The van der Waals surface area contributed by atoms with Crippen molar-refractivity contribution in [2.24, 2.45) is 4.99 Å². The van der Waals surface area contributed by atoms with Crippen LogP contribution in [0.15, 0.2) is 41.4 Å². The molecule has 0 amide bonds. The van der Waals surface area contributed by atoms with Gasteiger partial charge in [0.15, 0.2) is 0 Å². The predicted molar refractivity (Wildman–Crippen MR) is 118 cm³/mol. The van der Waals surface area contributed by atoms with Crippen molar-refractivity contribution >= 4 is 25.3 Å². The molecule has 9 nitrogen and oxygen atoms in total. The van der Waals surface area contributed by atoms with Gasteiger partial charge in [0.2, 0.25) is 5.75 Å². The predicted octanol–water partition coefficient (Wildman–Crippen LogP) is 5.23. The minimum atomic E-state index is -3.02. The van der Waals surface area contributed by atoms with E-state index in [4.69, 9.17) is 9.26 Å². The zero-order valence-electron chi connectivity index (χ0n) is 17.7. The van der Waals surface area contributed by atoms with Crippen molar-refractivity contribution in [1.29, 1.82) is 0 Å². The first-order valence-corrected chi connectivity index (χ1v) is 11.7. The summed E-state index contributed by atoms with van der Waals surface area (Å²) in [6, 6.07) is 9.91. The second kappa shape index (κ2) is 8.51. The van der Waals surface area contributed by atoms with Crippen LogP contribution in [0.2, 0.25) is 0 Å². The summed E-state index contributed by atoms with van der Waals surface area (Å²) in [5.74, 6) is 0.581. The molecular weight excluding hydrogens is 419 g/mol. The van der Waals surface area contributed by atoms with Crippen molar-refractivity contribution in [2.45, 2.75) is 26.9 Å². The fourth-order valence-electron chi connectivity index (χ4n) is 3.29. The number of nitrogens with zero attached hydrogens (tertiary/aromatic N) is 4. The lowest BCUT2D eigenvalue weighted by Gasteiger charge is -2.24. The molecule has 164 valence electrons. The van der Waals surface area contributed by atoms with Crippen LogP contribution in [0.3, 0.4) is 0 Å². The smallest absolute Gasteiger partial charge is 0.346 e. The van der Waals surface area contributed by atoms with E-state index in [0.29, 0.717) is 11.3 Å². The summed E-state index contributed by atoms with van der Waals surface area (Å²) in [6.45, 7) is 8.56. The van der Waals surface area contributed by atoms with Gasteiger partial charge in [-0.3, -0.25) is 24.2 Å². The van der Waals surface area contributed by atoms with Gasteiger partial charge in [-0.2, -0.15) is 0 Å². The van der Waals surface area contributed by atoms with Gasteiger partial charge in [-0.25, -0.2) is 9.34 Å². The lowest BCUT2D eigenvalue weighted by molar-refractivity contribution is -0.385. The van der Waals surface area contributed by atoms with E-state index in [2.05, 4.69) is 4.99 Å². The second-order valence-electron chi connectivity index (χ2n) is 7.57. The van der Waals surface area contributed by atoms with Crippen molar-refractivity contribution in [3.63, 3.8) is 0 Å². The minimum Gasteiger partial charge on any atom is -0.450 e. The first-order valence-electron chi connectivity index (χ1n) is 10.2. The van der Waals surface area contributed by atoms with Gasteiger partial charge < -0.3 is 4.74 Å². The Labute approximate surface area is 181 Å². The van der Waals surface area contributed by atoms with E-state index in [1.165, 1.54) is 6.07 Å². The molecule has 2 aromatic rings. The Morgan fingerprint density at radius 1 is 1.16 bits per heavy atom. The zero-order chi connectivity index (χ0) is 22.2. The average Bonchev–Trinajstić information content (AvgIpc) is 3.62. The van der Waals surface area contributed by atoms with Gasteiger partial charge >= 0.3 is 13.4 Å². The summed E-state index contributed by atoms with van der Waals surface area (Å²) in [4.78, 5) is 15.3. The summed E-state index contributed by atoms with van der Waals surface area (Å²) in [6.07, 6.45) is 1.19. The highest BCUT2D eigenvalue weighted by Gasteiger charge is 2.50. The van der Waals surface area contributed by atoms with Crippen LogP contribution in [0.1, 0.15) is 31.1 Å². The first-order chi connectivity index (χ1) is 14.8. The fourth-order valence-corrected chi connectivity index (χ4v) is 5.64. The van der Waals surface area contributed by atoms with Crippen LogP contribution in [0.25, 0.3) is 0 Å². The van der Waals surface area contributed by atoms with Crippen LogP contribution in [-0.4, -0.2) is 46.7 Å². The number of hydrogen-bond acceptors (Lipinski definition) is 6. The number of nitro benzene ring substituents is 1. The Kier molecular flexibility index (Phi) is 5.94. The summed E-state index contributed by atoms with van der Waals surface area (Å²) < 4.78 is 28.8. The minimum absolute atomic E-state index is 0.109. The second-order valence-corrected chi connectivity index (χ2v) is 9.89. The highest BCUT2D eigenvalue weighted by molar-refractivity contribution is 7.54. The van der Waals surface area contributed by atoms with E-state index < -0.39 is 18.7 Å². The van der Waals surface area contributed by atoms with Crippen LogP contribution in [0.5, 0.6) is 11.5 Å². The van der Waals surface area contributed by atoms with E-state index in [9.17, 15) is 14.7 Å². The number of nitro groups is 1. The standard InChI is InChI=1S/C21H25N4O5P/c1-4-22-19-7-6-18(13-15(19)2)29-21-14-17(5-8-20(21)25(26)27)16(3)30-31(28,23-9-10-23)24-11-12-24/h4-8,13-14,16H,9-12H2,1-3H3. The molecular formula is C21H25N4O5P. The molecule has 0 radical (unpaired) electrons. The number of aliphatic imine (C=N–C) groups is 1. The van der Waals surface area contributed by atoms with Crippen LogP contribution >= 0.6 is 7.67 Å². The summed E-state index contributed by atoms with van der Waals surface area (Å²) in [5, 5.41) is 11.5. The number of ether oxygens (including phenoxy) is 1. The van der Waals surface area contributed by atoms with Gasteiger partial charge in [-0.05, 0) is 62.2 Å². The van der Waals surface area contributed by atoms with Crippen molar-refractivity contribution in [2.75, 3.05) is 26.2 Å². The molecule has 0 saturated carbocycles. The largest absolute Gasteiger partial charge is 0.450 e. The molecule has 2 fully saturated rings. The number of benzene rings is 2. The lowest BCUT2D eigenvalue weighted by atomic mass is 10.1. The van der Waals surface area contributed by atoms with Crippen molar-refractivity contribution in [3.05, 3.63) is 57.6 Å². The average molecular weight is 444 g/mol. The number of aryl methyl sites for hydroxylation is 1. The molecule has 2 saturated heterocycles. The topological polar surface area (TPSA) is 97.0 Å². The highest BCUT2D eigenvalue weighted by atomic mass is 31.2. The third-order valence-corrected chi connectivity index (χ3v) is 7.99. The van der Waals surface area contributed by atoms with Crippen LogP contribution in [0, 0.1) is 17.0 Å².